The fourth-order valence-corrected chi connectivity index (χ4v) is 2.16. The van der Waals surface area contributed by atoms with E-state index in [1.54, 1.807) is 11.8 Å². The van der Waals surface area contributed by atoms with E-state index in [2.05, 4.69) is 44.2 Å². The molecule has 0 amide bonds. The van der Waals surface area contributed by atoms with E-state index in [1.807, 2.05) is 0 Å². The Kier molecular flexibility index (Phi) is 3.79. The van der Waals surface area contributed by atoms with Crippen LogP contribution in [0, 0.1) is 5.92 Å². The molecule has 0 radical (unpaired) electrons. The van der Waals surface area contributed by atoms with Crippen molar-refractivity contribution in [1.29, 1.82) is 0 Å². The van der Waals surface area contributed by atoms with Crippen molar-refractivity contribution in [2.24, 2.45) is 10.9 Å². The predicted molar refractivity (Wildman–Crippen MR) is 62.2 cm³/mol. The van der Waals surface area contributed by atoms with Crippen LogP contribution in [-0.4, -0.2) is 12.3 Å². The Bertz CT molecular complexity index is 272. The molecular formula is C11H17NS. The lowest BCUT2D eigenvalue weighted by Gasteiger charge is -2.09. The van der Waals surface area contributed by atoms with Crippen molar-refractivity contribution in [2.75, 3.05) is 6.54 Å². The second kappa shape index (κ2) is 4.66. The van der Waals surface area contributed by atoms with Gasteiger partial charge in [0.1, 0.15) is 0 Å². The first kappa shape index (κ1) is 10.6. The number of hydrogen-bond acceptors (Lipinski definition) is 2. The molecule has 1 aliphatic rings. The molecule has 0 saturated heterocycles. The summed E-state index contributed by atoms with van der Waals surface area (Å²) in [7, 11) is 0. The molecule has 1 heterocycles. The third kappa shape index (κ3) is 2.47. The minimum atomic E-state index is 0.615. The molecule has 0 fully saturated rings. The van der Waals surface area contributed by atoms with Gasteiger partial charge >= 0.3 is 0 Å². The Hall–Kier alpha value is -0.500. The van der Waals surface area contributed by atoms with Crippen LogP contribution in [0.2, 0.25) is 0 Å². The summed E-state index contributed by atoms with van der Waals surface area (Å²) in [6.45, 7) is 9.60. The normalized spacial score (nSPS) is 23.3. The van der Waals surface area contributed by atoms with Gasteiger partial charge in [-0.3, -0.25) is 4.99 Å². The first-order valence-electron chi connectivity index (χ1n) is 4.75. The van der Waals surface area contributed by atoms with Gasteiger partial charge in [-0.2, -0.15) is 0 Å². The van der Waals surface area contributed by atoms with Gasteiger partial charge in [0.2, 0.25) is 0 Å². The van der Waals surface area contributed by atoms with E-state index in [9.17, 15) is 0 Å². The van der Waals surface area contributed by atoms with Gasteiger partial charge in [-0.15, -0.1) is 0 Å². The highest BCUT2D eigenvalue weighted by Crippen LogP contribution is 2.32. The van der Waals surface area contributed by atoms with E-state index in [0.29, 0.717) is 5.92 Å². The molecule has 0 atom stereocenters. The number of thioether (sulfide) groups is 1. The summed E-state index contributed by atoms with van der Waals surface area (Å²) in [6.07, 6.45) is 2.11. The average molecular weight is 195 g/mol. The summed E-state index contributed by atoms with van der Waals surface area (Å²) >= 11 is 1.80. The second-order valence-corrected chi connectivity index (χ2v) is 4.36. The molecule has 0 saturated carbocycles. The lowest BCUT2D eigenvalue weighted by molar-refractivity contribution is 0.769. The third-order valence-corrected chi connectivity index (χ3v) is 3.24. The van der Waals surface area contributed by atoms with Gasteiger partial charge < -0.3 is 0 Å². The van der Waals surface area contributed by atoms with Gasteiger partial charge in [0.15, 0.2) is 0 Å². The van der Waals surface area contributed by atoms with Gasteiger partial charge in [0.25, 0.3) is 0 Å². The highest BCUT2D eigenvalue weighted by atomic mass is 32.2. The fourth-order valence-electron chi connectivity index (χ4n) is 1.15. The molecule has 13 heavy (non-hydrogen) atoms. The Morgan fingerprint density at radius 3 is 2.77 bits per heavy atom. The van der Waals surface area contributed by atoms with Crippen LogP contribution in [0.5, 0.6) is 0 Å². The van der Waals surface area contributed by atoms with E-state index in [0.717, 1.165) is 6.54 Å². The molecule has 0 aliphatic carbocycles. The van der Waals surface area contributed by atoms with Crippen LogP contribution in [0.25, 0.3) is 0 Å². The van der Waals surface area contributed by atoms with Crippen molar-refractivity contribution >= 4 is 17.5 Å². The molecule has 0 unspecified atom stereocenters. The monoisotopic (exact) mass is 195 g/mol. The standard InChI is InChI=1S/C11H17NS/c1-5-12-10-6-7-13-11(10)9(4)8(2)3/h6-8H,5H2,1-4H3/b11-9-,12-10?. The Balaban J connectivity index is 2.94. The minimum absolute atomic E-state index is 0.615. The van der Waals surface area contributed by atoms with Gasteiger partial charge in [-0.05, 0) is 31.2 Å². The van der Waals surface area contributed by atoms with E-state index in [4.69, 9.17) is 0 Å². The van der Waals surface area contributed by atoms with Crippen molar-refractivity contribution in [3.05, 3.63) is 22.0 Å². The van der Waals surface area contributed by atoms with Crippen molar-refractivity contribution in [3.8, 4) is 0 Å². The number of nitrogens with zero attached hydrogens (tertiary/aromatic N) is 1. The molecule has 0 spiro atoms. The molecule has 1 rings (SSSR count). The maximum absolute atomic E-state index is 4.46. The molecule has 1 nitrogen and oxygen atoms in total. The molecule has 2 heteroatoms. The lowest BCUT2D eigenvalue weighted by Crippen LogP contribution is -2.00. The highest BCUT2D eigenvalue weighted by molar-refractivity contribution is 8.07. The second-order valence-electron chi connectivity index (χ2n) is 3.45. The van der Waals surface area contributed by atoms with Crippen LogP contribution in [-0.2, 0) is 0 Å². The van der Waals surface area contributed by atoms with Gasteiger partial charge in [-0.25, -0.2) is 0 Å². The smallest absolute Gasteiger partial charge is 0.0718 e. The van der Waals surface area contributed by atoms with E-state index >= 15 is 0 Å². The Labute approximate surface area is 85.0 Å². The minimum Gasteiger partial charge on any atom is -0.284 e. The SMILES string of the molecule is CCN=C1C=CS/C1=C(/C)C(C)C. The van der Waals surface area contributed by atoms with E-state index in [-0.39, 0.29) is 0 Å². The maximum Gasteiger partial charge on any atom is 0.0718 e. The molecule has 0 aromatic rings. The van der Waals surface area contributed by atoms with Crippen LogP contribution in [0.3, 0.4) is 0 Å². The molecular weight excluding hydrogens is 178 g/mol. The van der Waals surface area contributed by atoms with E-state index < -0.39 is 0 Å². The maximum atomic E-state index is 4.46. The number of aliphatic imine (C=N–C) groups is 1. The zero-order valence-corrected chi connectivity index (χ0v) is 9.61. The number of hydrogen-bond donors (Lipinski definition) is 0. The Morgan fingerprint density at radius 1 is 1.54 bits per heavy atom. The summed E-state index contributed by atoms with van der Waals surface area (Å²) in [5.41, 5.74) is 2.61. The molecule has 0 N–H and O–H groups in total. The van der Waals surface area contributed by atoms with Crippen molar-refractivity contribution in [2.45, 2.75) is 27.7 Å². The third-order valence-electron chi connectivity index (χ3n) is 2.20. The number of allylic oxidation sites excluding steroid dienone is 3. The summed E-state index contributed by atoms with van der Waals surface area (Å²) in [5.74, 6) is 0.615. The molecule has 1 aliphatic heterocycles. The van der Waals surface area contributed by atoms with Crippen LogP contribution in [0.1, 0.15) is 27.7 Å². The highest BCUT2D eigenvalue weighted by Gasteiger charge is 2.14. The first-order chi connectivity index (χ1) is 6.16. The van der Waals surface area contributed by atoms with Crippen LogP contribution in [0.4, 0.5) is 0 Å². The summed E-state index contributed by atoms with van der Waals surface area (Å²) in [6, 6.07) is 0. The van der Waals surface area contributed by atoms with Gasteiger partial charge in [0.05, 0.1) is 5.71 Å². The van der Waals surface area contributed by atoms with Gasteiger partial charge in [0, 0.05) is 11.4 Å². The van der Waals surface area contributed by atoms with Crippen molar-refractivity contribution in [1.82, 2.24) is 0 Å². The fraction of sp³-hybridized carbons (Fsp3) is 0.545. The largest absolute Gasteiger partial charge is 0.284 e. The quantitative estimate of drug-likeness (QED) is 0.655. The van der Waals surface area contributed by atoms with Crippen LogP contribution < -0.4 is 0 Å². The lowest BCUT2D eigenvalue weighted by atomic mass is 10.0. The Morgan fingerprint density at radius 2 is 2.23 bits per heavy atom. The van der Waals surface area contributed by atoms with Crippen molar-refractivity contribution < 1.29 is 0 Å². The molecule has 0 aromatic heterocycles. The summed E-state index contributed by atoms with van der Waals surface area (Å²) < 4.78 is 0. The first-order valence-corrected chi connectivity index (χ1v) is 5.63. The average Bonchev–Trinajstić information content (AvgIpc) is 2.52. The zero-order chi connectivity index (χ0) is 9.84. The van der Waals surface area contributed by atoms with Crippen LogP contribution >= 0.6 is 11.8 Å². The molecule has 72 valence electrons. The zero-order valence-electron chi connectivity index (χ0n) is 8.79. The van der Waals surface area contributed by atoms with Crippen molar-refractivity contribution in [3.63, 3.8) is 0 Å². The van der Waals surface area contributed by atoms with Crippen LogP contribution in [0.15, 0.2) is 27.0 Å². The summed E-state index contributed by atoms with van der Waals surface area (Å²) in [4.78, 5) is 5.82. The van der Waals surface area contributed by atoms with E-state index in [1.165, 1.54) is 16.2 Å². The predicted octanol–water partition coefficient (Wildman–Crippen LogP) is 3.64. The topological polar surface area (TPSA) is 12.4 Å². The summed E-state index contributed by atoms with van der Waals surface area (Å²) in [5, 5.41) is 2.12. The van der Waals surface area contributed by atoms with Gasteiger partial charge in [-0.1, -0.05) is 31.2 Å². The number of rotatable bonds is 2. The molecule has 0 bridgehead atoms. The molecule has 0 aromatic carbocycles.